The average molecular weight is 193 g/mol. The van der Waals surface area contributed by atoms with Crippen LogP contribution in [0.25, 0.3) is 0 Å². The Morgan fingerprint density at radius 3 is 2.85 bits per heavy atom. The van der Waals surface area contributed by atoms with Crippen LogP contribution < -0.4 is 5.73 Å². The summed E-state index contributed by atoms with van der Waals surface area (Å²) >= 11 is 4.12. The van der Waals surface area contributed by atoms with E-state index in [1.165, 1.54) is 5.56 Å². The van der Waals surface area contributed by atoms with E-state index in [-0.39, 0.29) is 5.25 Å². The van der Waals surface area contributed by atoms with Gasteiger partial charge in [0.05, 0.1) is 0 Å². The van der Waals surface area contributed by atoms with Gasteiger partial charge in [-0.05, 0) is 43.9 Å². The van der Waals surface area contributed by atoms with Gasteiger partial charge in [0.1, 0.15) is 0 Å². The molecule has 0 saturated carbocycles. The molecule has 0 saturated heterocycles. The minimum atomic E-state index is 0.000981. The topological polar surface area (TPSA) is 26.0 Å². The van der Waals surface area contributed by atoms with Crippen molar-refractivity contribution in [3.05, 3.63) is 36.8 Å². The second-order valence-corrected chi connectivity index (χ2v) is 3.87. The molecule has 0 bridgehead atoms. The number of hydrogen-bond acceptors (Lipinski definition) is 2. The molecule has 1 rings (SSSR count). The molecule has 1 aromatic carbocycles. The fourth-order valence-electron chi connectivity index (χ4n) is 1.26. The first-order chi connectivity index (χ1) is 6.18. The Labute approximate surface area is 85.8 Å². The molecule has 0 heterocycles. The highest BCUT2D eigenvalue weighted by atomic mass is 32.1. The first kappa shape index (κ1) is 10.5. The van der Waals surface area contributed by atoms with E-state index in [1.807, 2.05) is 18.2 Å². The Morgan fingerprint density at radius 1 is 1.46 bits per heavy atom. The third kappa shape index (κ3) is 4.23. The van der Waals surface area contributed by atoms with E-state index in [0.717, 1.165) is 24.9 Å². The fraction of sp³-hybridized carbons (Fsp3) is 0.364. The van der Waals surface area contributed by atoms with Gasteiger partial charge in [0.15, 0.2) is 0 Å². The minimum Gasteiger partial charge on any atom is -0.399 e. The van der Waals surface area contributed by atoms with Crippen LogP contribution in [0.3, 0.4) is 0 Å². The molecule has 1 aromatic rings. The van der Waals surface area contributed by atoms with Crippen LogP contribution in [0, 0.1) is 6.92 Å². The molecule has 13 heavy (non-hydrogen) atoms. The van der Waals surface area contributed by atoms with Gasteiger partial charge in [-0.1, -0.05) is 12.1 Å². The van der Waals surface area contributed by atoms with E-state index in [2.05, 4.69) is 18.7 Å². The molecule has 2 radical (unpaired) electrons. The van der Waals surface area contributed by atoms with Gasteiger partial charge < -0.3 is 5.73 Å². The van der Waals surface area contributed by atoms with Gasteiger partial charge in [-0.15, -0.1) is 0 Å². The molecule has 1 atom stereocenters. The zero-order chi connectivity index (χ0) is 9.68. The first-order valence-corrected chi connectivity index (χ1v) is 4.98. The molecule has 2 heteroatoms. The molecule has 1 nitrogen and oxygen atoms in total. The Bertz CT molecular complexity index is 258. The lowest BCUT2D eigenvalue weighted by Gasteiger charge is -2.04. The van der Waals surface area contributed by atoms with Crippen LogP contribution in [0.2, 0.25) is 0 Å². The van der Waals surface area contributed by atoms with Gasteiger partial charge in [0.2, 0.25) is 0 Å². The Morgan fingerprint density at radius 2 is 2.23 bits per heavy atom. The van der Waals surface area contributed by atoms with Crippen molar-refractivity contribution < 1.29 is 0 Å². The molecule has 1 unspecified atom stereocenters. The predicted octanol–water partition coefficient (Wildman–Crippen LogP) is 2.60. The Balaban J connectivity index is 2.37. The molecule has 0 aliphatic carbocycles. The quantitative estimate of drug-likeness (QED) is 0.558. The summed E-state index contributed by atoms with van der Waals surface area (Å²) in [7, 11) is 0. The van der Waals surface area contributed by atoms with Gasteiger partial charge in [-0.3, -0.25) is 0 Å². The van der Waals surface area contributed by atoms with Crippen molar-refractivity contribution in [3.63, 3.8) is 0 Å². The van der Waals surface area contributed by atoms with Gasteiger partial charge >= 0.3 is 0 Å². The largest absolute Gasteiger partial charge is 0.399 e. The Hall–Kier alpha value is -0.630. The Kier molecular flexibility index (Phi) is 4.16. The molecule has 0 spiro atoms. The summed E-state index contributed by atoms with van der Waals surface area (Å²) < 4.78 is 0. The summed E-state index contributed by atoms with van der Waals surface area (Å²) in [5.41, 5.74) is 7.75. The summed E-state index contributed by atoms with van der Waals surface area (Å²) in [6.45, 7) is 5.53. The summed E-state index contributed by atoms with van der Waals surface area (Å²) in [5, 5.41) is 0.000981. The summed E-state index contributed by atoms with van der Waals surface area (Å²) in [5.74, 6) is 0. The van der Waals surface area contributed by atoms with Gasteiger partial charge in [-0.25, -0.2) is 0 Å². The van der Waals surface area contributed by atoms with E-state index in [1.54, 1.807) is 0 Å². The summed E-state index contributed by atoms with van der Waals surface area (Å²) in [4.78, 5) is 0. The number of rotatable bonds is 4. The minimum absolute atomic E-state index is 0.000981. The lowest BCUT2D eigenvalue weighted by molar-refractivity contribution is 0.758. The van der Waals surface area contributed by atoms with Crippen molar-refractivity contribution in [2.45, 2.75) is 24.5 Å². The second-order valence-electron chi connectivity index (χ2n) is 3.20. The number of benzene rings is 1. The van der Waals surface area contributed by atoms with Gasteiger partial charge in [-0.2, -0.15) is 12.6 Å². The maximum atomic E-state index is 5.65. The standard InChI is InChI=1S/C11H15NS/c1-9(13)4-2-5-10-6-3-7-11(12)8-10/h1,3,6-9,13H,2,4-5,12H2. The van der Waals surface area contributed by atoms with Crippen LogP contribution in [-0.2, 0) is 6.42 Å². The number of hydrogen-bond donors (Lipinski definition) is 2. The summed E-state index contributed by atoms with van der Waals surface area (Å²) in [6, 6.07) is 7.96. The van der Waals surface area contributed by atoms with E-state index in [0.29, 0.717) is 0 Å². The van der Waals surface area contributed by atoms with Crippen LogP contribution in [0.15, 0.2) is 24.3 Å². The van der Waals surface area contributed by atoms with E-state index < -0.39 is 0 Å². The van der Waals surface area contributed by atoms with Gasteiger partial charge in [0.25, 0.3) is 0 Å². The number of aryl methyl sites for hydroxylation is 1. The normalized spacial score (nSPS) is 12.8. The van der Waals surface area contributed by atoms with E-state index >= 15 is 0 Å². The van der Waals surface area contributed by atoms with Crippen molar-refractivity contribution in [2.75, 3.05) is 5.73 Å². The van der Waals surface area contributed by atoms with Crippen molar-refractivity contribution in [3.8, 4) is 0 Å². The zero-order valence-electron chi connectivity index (χ0n) is 7.61. The molecule has 0 aliphatic heterocycles. The lowest BCUT2D eigenvalue weighted by Crippen LogP contribution is -1.94. The third-order valence-corrected chi connectivity index (χ3v) is 2.17. The van der Waals surface area contributed by atoms with Crippen LogP contribution >= 0.6 is 12.6 Å². The molecule has 2 N–H and O–H groups in total. The zero-order valence-corrected chi connectivity index (χ0v) is 8.50. The highest BCUT2D eigenvalue weighted by molar-refractivity contribution is 7.81. The van der Waals surface area contributed by atoms with E-state index in [4.69, 9.17) is 12.7 Å². The molecular weight excluding hydrogens is 178 g/mol. The number of anilines is 1. The first-order valence-electron chi connectivity index (χ1n) is 4.46. The van der Waals surface area contributed by atoms with Crippen molar-refractivity contribution in [1.82, 2.24) is 0 Å². The van der Waals surface area contributed by atoms with Crippen molar-refractivity contribution in [2.24, 2.45) is 0 Å². The molecule has 70 valence electrons. The lowest BCUT2D eigenvalue weighted by atomic mass is 10.1. The van der Waals surface area contributed by atoms with Crippen molar-refractivity contribution >= 4 is 18.3 Å². The monoisotopic (exact) mass is 193 g/mol. The van der Waals surface area contributed by atoms with Gasteiger partial charge in [0, 0.05) is 10.9 Å². The molecule has 0 aliphatic rings. The SMILES string of the molecule is [CH]C(S)CCCc1cccc(N)c1. The molecular formula is C11H15NS. The maximum absolute atomic E-state index is 5.65. The molecule has 0 fully saturated rings. The van der Waals surface area contributed by atoms with Crippen molar-refractivity contribution in [1.29, 1.82) is 0 Å². The van der Waals surface area contributed by atoms with E-state index in [9.17, 15) is 0 Å². The molecule has 0 amide bonds. The van der Waals surface area contributed by atoms with Crippen LogP contribution in [0.5, 0.6) is 0 Å². The second kappa shape index (κ2) is 5.18. The summed E-state index contributed by atoms with van der Waals surface area (Å²) in [6.07, 6.45) is 3.03. The van der Waals surface area contributed by atoms with Crippen LogP contribution in [0.4, 0.5) is 5.69 Å². The smallest absolute Gasteiger partial charge is 0.0316 e. The third-order valence-electron chi connectivity index (χ3n) is 1.92. The number of thiol groups is 1. The van der Waals surface area contributed by atoms with Crippen LogP contribution in [0.1, 0.15) is 18.4 Å². The number of nitrogen functional groups attached to an aromatic ring is 1. The highest BCUT2D eigenvalue weighted by Gasteiger charge is 1.97. The highest BCUT2D eigenvalue weighted by Crippen LogP contribution is 2.11. The predicted molar refractivity (Wildman–Crippen MR) is 60.9 cm³/mol. The fourth-order valence-corrected chi connectivity index (χ4v) is 1.45. The number of nitrogens with two attached hydrogens (primary N) is 1. The van der Waals surface area contributed by atoms with Crippen LogP contribution in [-0.4, -0.2) is 5.25 Å². The molecule has 0 aromatic heterocycles. The average Bonchev–Trinajstić information content (AvgIpc) is 2.03. The maximum Gasteiger partial charge on any atom is 0.0316 e.